The van der Waals surface area contributed by atoms with Gasteiger partial charge in [0.15, 0.2) is 18.1 Å². The maximum atomic E-state index is 12.6. The van der Waals surface area contributed by atoms with E-state index in [1.807, 2.05) is 0 Å². The van der Waals surface area contributed by atoms with Crippen molar-refractivity contribution >= 4 is 24.4 Å². The van der Waals surface area contributed by atoms with Gasteiger partial charge in [0.05, 0.1) is 12.7 Å². The second-order valence-electron chi connectivity index (χ2n) is 6.52. The van der Waals surface area contributed by atoms with Gasteiger partial charge in [-0.25, -0.2) is 0 Å². The second-order valence-corrected chi connectivity index (χ2v) is 6.52. The summed E-state index contributed by atoms with van der Waals surface area (Å²) in [5.74, 6) is -1.07. The number of ether oxygens (including phenoxy) is 1. The van der Waals surface area contributed by atoms with E-state index in [2.05, 4.69) is 5.32 Å². The monoisotopic (exact) mass is 360 g/mol. The Morgan fingerprint density at radius 1 is 1.23 bits per heavy atom. The molecule has 7 nitrogen and oxygen atoms in total. The van der Waals surface area contributed by atoms with E-state index in [1.165, 1.54) is 13.2 Å². The van der Waals surface area contributed by atoms with Crippen molar-refractivity contribution in [3.8, 4) is 5.75 Å². The Balaban J connectivity index is 2.17. The molecule has 1 aromatic rings. The Morgan fingerprint density at radius 2 is 1.85 bits per heavy atom. The van der Waals surface area contributed by atoms with Crippen LogP contribution in [0.25, 0.3) is 0 Å². The van der Waals surface area contributed by atoms with Gasteiger partial charge in [0, 0.05) is 25.4 Å². The van der Waals surface area contributed by atoms with E-state index >= 15 is 0 Å². The lowest BCUT2D eigenvalue weighted by atomic mass is 9.84. The first-order valence-electron chi connectivity index (χ1n) is 8.63. The second kappa shape index (κ2) is 8.60. The molecule has 140 valence electrons. The molecule has 0 saturated carbocycles. The molecule has 1 unspecified atom stereocenters. The molecule has 1 fully saturated rings. The van der Waals surface area contributed by atoms with Crippen LogP contribution in [0.5, 0.6) is 5.75 Å². The number of aldehydes is 2. The Hall–Kier alpha value is -2.70. The Bertz CT molecular complexity index is 674. The van der Waals surface area contributed by atoms with Crippen LogP contribution in [0.1, 0.15) is 36.5 Å². The summed E-state index contributed by atoms with van der Waals surface area (Å²) in [7, 11) is 1.43. The molecule has 1 saturated heterocycles. The highest BCUT2D eigenvalue weighted by molar-refractivity contribution is 6.03. The van der Waals surface area contributed by atoms with Crippen molar-refractivity contribution in [2.75, 3.05) is 20.2 Å². The van der Waals surface area contributed by atoms with E-state index in [-0.39, 0.29) is 17.9 Å². The van der Waals surface area contributed by atoms with Gasteiger partial charge in [0.1, 0.15) is 5.75 Å². The standard InChI is InChI=1S/C19H24N2O5/c1-14(11-17(24)21-9-5-6-10-21)19(12-22,13-23)20-18(25)15-7-3-4-8-16(15)26-2/h3-4,7-8,12-14H,5-6,9-11H2,1-2H3,(H,20,25). The summed E-state index contributed by atoms with van der Waals surface area (Å²) in [6, 6.07) is 6.51. The minimum absolute atomic E-state index is 0.00366. The zero-order valence-electron chi connectivity index (χ0n) is 15.1. The number of benzene rings is 1. The maximum Gasteiger partial charge on any atom is 0.256 e. The first-order chi connectivity index (χ1) is 12.5. The zero-order chi connectivity index (χ0) is 19.2. The number of para-hydroxylation sites is 1. The van der Waals surface area contributed by atoms with Gasteiger partial charge in [-0.05, 0) is 25.0 Å². The molecule has 2 amide bonds. The predicted molar refractivity (Wildman–Crippen MR) is 94.9 cm³/mol. The van der Waals surface area contributed by atoms with E-state index in [4.69, 9.17) is 4.74 Å². The van der Waals surface area contributed by atoms with Gasteiger partial charge in [0.25, 0.3) is 5.91 Å². The number of likely N-dealkylation sites (tertiary alicyclic amines) is 1. The average Bonchev–Trinajstić information content (AvgIpc) is 3.20. The van der Waals surface area contributed by atoms with E-state index < -0.39 is 17.4 Å². The van der Waals surface area contributed by atoms with Crippen molar-refractivity contribution in [1.29, 1.82) is 0 Å². The van der Waals surface area contributed by atoms with Crippen LogP contribution in [0.3, 0.4) is 0 Å². The van der Waals surface area contributed by atoms with Crippen LogP contribution in [0.4, 0.5) is 0 Å². The van der Waals surface area contributed by atoms with Gasteiger partial charge < -0.3 is 24.5 Å². The molecule has 7 heteroatoms. The number of nitrogens with zero attached hydrogens (tertiary/aromatic N) is 1. The molecule has 0 spiro atoms. The van der Waals surface area contributed by atoms with Crippen molar-refractivity contribution < 1.29 is 23.9 Å². The van der Waals surface area contributed by atoms with E-state index in [1.54, 1.807) is 30.0 Å². The molecule has 1 aliphatic heterocycles. The third-order valence-corrected chi connectivity index (χ3v) is 4.83. The summed E-state index contributed by atoms with van der Waals surface area (Å²) < 4.78 is 5.14. The van der Waals surface area contributed by atoms with Gasteiger partial charge in [-0.3, -0.25) is 9.59 Å². The molecule has 0 aromatic heterocycles. The average molecular weight is 360 g/mol. The fourth-order valence-electron chi connectivity index (χ4n) is 3.06. The van der Waals surface area contributed by atoms with Gasteiger partial charge in [0.2, 0.25) is 5.91 Å². The van der Waals surface area contributed by atoms with Crippen LogP contribution in [-0.2, 0) is 14.4 Å². The lowest BCUT2D eigenvalue weighted by Crippen LogP contribution is -2.56. The third-order valence-electron chi connectivity index (χ3n) is 4.83. The van der Waals surface area contributed by atoms with Crippen molar-refractivity contribution in [2.24, 2.45) is 5.92 Å². The van der Waals surface area contributed by atoms with Crippen LogP contribution in [0.15, 0.2) is 24.3 Å². The van der Waals surface area contributed by atoms with Crippen LogP contribution in [0, 0.1) is 5.92 Å². The van der Waals surface area contributed by atoms with Crippen molar-refractivity contribution in [1.82, 2.24) is 10.2 Å². The molecule has 0 bridgehead atoms. The van der Waals surface area contributed by atoms with Gasteiger partial charge in [-0.2, -0.15) is 0 Å². The quantitative estimate of drug-likeness (QED) is 0.556. The Kier molecular flexibility index (Phi) is 6.49. The number of nitrogens with one attached hydrogen (secondary N) is 1. The number of methoxy groups -OCH3 is 1. The summed E-state index contributed by atoms with van der Waals surface area (Å²) in [5, 5.41) is 2.49. The fraction of sp³-hybridized carbons (Fsp3) is 0.474. The number of rotatable bonds is 8. The van der Waals surface area contributed by atoms with Gasteiger partial charge >= 0.3 is 0 Å². The number of amides is 2. The molecule has 1 aliphatic rings. The minimum Gasteiger partial charge on any atom is -0.496 e. The molecule has 1 atom stereocenters. The summed E-state index contributed by atoms with van der Waals surface area (Å²) in [5.41, 5.74) is -1.56. The normalized spacial score (nSPS) is 15.2. The molecule has 2 rings (SSSR count). The fourth-order valence-corrected chi connectivity index (χ4v) is 3.06. The van der Waals surface area contributed by atoms with Crippen LogP contribution < -0.4 is 10.1 Å². The predicted octanol–water partition coefficient (Wildman–Crippen LogP) is 1.21. The molecule has 0 aliphatic carbocycles. The van der Waals surface area contributed by atoms with E-state index in [0.29, 0.717) is 31.4 Å². The lowest BCUT2D eigenvalue weighted by molar-refractivity contribution is -0.132. The molecule has 1 aromatic carbocycles. The van der Waals surface area contributed by atoms with Crippen molar-refractivity contribution in [2.45, 2.75) is 31.7 Å². The summed E-state index contributed by atoms with van der Waals surface area (Å²) in [6.45, 7) is 2.99. The minimum atomic E-state index is -1.77. The molecule has 26 heavy (non-hydrogen) atoms. The number of carbonyl (C=O) groups excluding carboxylic acids is 4. The lowest BCUT2D eigenvalue weighted by Gasteiger charge is -2.30. The maximum absolute atomic E-state index is 12.6. The highest BCUT2D eigenvalue weighted by atomic mass is 16.5. The smallest absolute Gasteiger partial charge is 0.256 e. The van der Waals surface area contributed by atoms with Crippen LogP contribution in [-0.4, -0.2) is 55.0 Å². The Morgan fingerprint density at radius 3 is 2.42 bits per heavy atom. The van der Waals surface area contributed by atoms with E-state index in [0.717, 1.165) is 12.8 Å². The largest absolute Gasteiger partial charge is 0.496 e. The first kappa shape index (κ1) is 19.6. The number of carbonyl (C=O) groups is 4. The molecule has 1 heterocycles. The van der Waals surface area contributed by atoms with Gasteiger partial charge in [-0.1, -0.05) is 19.1 Å². The summed E-state index contributed by atoms with van der Waals surface area (Å²) in [6.07, 6.45) is 2.71. The van der Waals surface area contributed by atoms with Crippen LogP contribution >= 0.6 is 0 Å². The first-order valence-corrected chi connectivity index (χ1v) is 8.63. The Labute approximate surface area is 152 Å². The van der Waals surface area contributed by atoms with Gasteiger partial charge in [-0.15, -0.1) is 0 Å². The summed E-state index contributed by atoms with van der Waals surface area (Å²) >= 11 is 0. The molecule has 1 N–H and O–H groups in total. The SMILES string of the molecule is COc1ccccc1C(=O)NC(C=O)(C=O)C(C)CC(=O)N1CCCC1. The number of hydrogen-bond acceptors (Lipinski definition) is 5. The van der Waals surface area contributed by atoms with E-state index in [9.17, 15) is 19.2 Å². The van der Waals surface area contributed by atoms with Crippen LogP contribution in [0.2, 0.25) is 0 Å². The topological polar surface area (TPSA) is 92.8 Å². The third kappa shape index (κ3) is 4.09. The highest BCUT2D eigenvalue weighted by Crippen LogP contribution is 2.23. The number of hydrogen-bond donors (Lipinski definition) is 1. The molecular weight excluding hydrogens is 336 g/mol. The molecule has 0 radical (unpaired) electrons. The van der Waals surface area contributed by atoms with Crippen molar-refractivity contribution in [3.63, 3.8) is 0 Å². The zero-order valence-corrected chi connectivity index (χ0v) is 15.1. The molecular formula is C19H24N2O5. The summed E-state index contributed by atoms with van der Waals surface area (Å²) in [4.78, 5) is 50.1. The van der Waals surface area contributed by atoms with Crippen molar-refractivity contribution in [3.05, 3.63) is 29.8 Å². The highest BCUT2D eigenvalue weighted by Gasteiger charge is 2.40.